The highest BCUT2D eigenvalue weighted by atomic mass is 35.5. The largest absolute Gasteiger partial charge is 0.370 e. The molecule has 6 N–H and O–H groups in total. The number of aromatic nitrogens is 1. The lowest BCUT2D eigenvalue weighted by molar-refractivity contribution is -0.114. The lowest BCUT2D eigenvalue weighted by atomic mass is 10.1. The molecule has 26 heavy (non-hydrogen) atoms. The Hall–Kier alpha value is -2.65. The number of benzene rings is 1. The van der Waals surface area contributed by atoms with Crippen molar-refractivity contribution in [2.24, 2.45) is 16.5 Å². The molecule has 0 spiro atoms. The van der Waals surface area contributed by atoms with Gasteiger partial charge in [0.2, 0.25) is 5.91 Å². The van der Waals surface area contributed by atoms with Crippen molar-refractivity contribution in [1.82, 2.24) is 10.3 Å². The van der Waals surface area contributed by atoms with Crippen LogP contribution in [0.5, 0.6) is 0 Å². The van der Waals surface area contributed by atoms with Crippen molar-refractivity contribution in [3.63, 3.8) is 0 Å². The van der Waals surface area contributed by atoms with Crippen LogP contribution in [0, 0.1) is 0 Å². The van der Waals surface area contributed by atoms with Gasteiger partial charge in [-0.1, -0.05) is 23.5 Å². The SMILES string of the molecule is CNC(=O)c1sc(NC(C)=O)nc1CCc1ccc(N=C(N)N)cc1.Cl. The van der Waals surface area contributed by atoms with Crippen LogP contribution in [-0.4, -0.2) is 29.8 Å². The van der Waals surface area contributed by atoms with E-state index in [0.29, 0.717) is 34.2 Å². The Kier molecular flexibility index (Phi) is 8.01. The Bertz CT molecular complexity index is 800. The Morgan fingerprint density at radius 3 is 2.38 bits per heavy atom. The van der Waals surface area contributed by atoms with Crippen LogP contribution >= 0.6 is 23.7 Å². The molecule has 140 valence electrons. The Balaban J connectivity index is 0.00000338. The normalized spacial score (nSPS) is 9.77. The first kappa shape index (κ1) is 21.4. The summed E-state index contributed by atoms with van der Waals surface area (Å²) in [4.78, 5) is 32.0. The second-order valence-electron chi connectivity index (χ2n) is 5.26. The van der Waals surface area contributed by atoms with Gasteiger partial charge in [0, 0.05) is 14.0 Å². The Morgan fingerprint density at radius 1 is 1.19 bits per heavy atom. The van der Waals surface area contributed by atoms with Gasteiger partial charge in [0.25, 0.3) is 5.91 Å². The second kappa shape index (κ2) is 9.73. The average molecular weight is 397 g/mol. The molecule has 1 heterocycles. The van der Waals surface area contributed by atoms with Crippen molar-refractivity contribution in [1.29, 1.82) is 0 Å². The highest BCUT2D eigenvalue weighted by Crippen LogP contribution is 2.24. The van der Waals surface area contributed by atoms with E-state index in [4.69, 9.17) is 11.5 Å². The number of rotatable bonds is 6. The molecule has 2 amide bonds. The Morgan fingerprint density at radius 2 is 1.85 bits per heavy atom. The van der Waals surface area contributed by atoms with E-state index < -0.39 is 0 Å². The van der Waals surface area contributed by atoms with E-state index >= 15 is 0 Å². The summed E-state index contributed by atoms with van der Waals surface area (Å²) in [6.45, 7) is 1.40. The van der Waals surface area contributed by atoms with Gasteiger partial charge in [0.05, 0.1) is 11.4 Å². The number of carbonyl (C=O) groups excluding carboxylic acids is 2. The van der Waals surface area contributed by atoms with Crippen molar-refractivity contribution in [2.45, 2.75) is 19.8 Å². The van der Waals surface area contributed by atoms with Crippen LogP contribution in [0.25, 0.3) is 0 Å². The lowest BCUT2D eigenvalue weighted by Gasteiger charge is -2.03. The number of nitrogens with zero attached hydrogens (tertiary/aromatic N) is 2. The van der Waals surface area contributed by atoms with E-state index in [1.54, 1.807) is 7.05 Å². The van der Waals surface area contributed by atoms with E-state index in [9.17, 15) is 9.59 Å². The molecule has 0 atom stereocenters. The number of hydrogen-bond acceptors (Lipinski definition) is 5. The first-order valence-corrected chi connectivity index (χ1v) is 8.38. The highest BCUT2D eigenvalue weighted by Gasteiger charge is 2.17. The van der Waals surface area contributed by atoms with Crippen molar-refractivity contribution in [2.75, 3.05) is 12.4 Å². The molecule has 0 unspecified atom stereocenters. The van der Waals surface area contributed by atoms with Gasteiger partial charge in [-0.2, -0.15) is 0 Å². The maximum Gasteiger partial charge on any atom is 0.263 e. The monoisotopic (exact) mass is 396 g/mol. The summed E-state index contributed by atoms with van der Waals surface area (Å²) in [5, 5.41) is 5.63. The predicted octanol–water partition coefficient (Wildman–Crippen LogP) is 1.57. The molecule has 10 heteroatoms. The molecule has 1 aromatic heterocycles. The quantitative estimate of drug-likeness (QED) is 0.434. The number of thiazole rings is 1. The number of anilines is 1. The number of nitrogens with one attached hydrogen (secondary N) is 2. The number of carbonyl (C=O) groups is 2. The number of aryl methyl sites for hydroxylation is 2. The molecule has 0 radical (unpaired) electrons. The van der Waals surface area contributed by atoms with E-state index in [1.165, 1.54) is 6.92 Å². The van der Waals surface area contributed by atoms with Crippen molar-refractivity contribution < 1.29 is 9.59 Å². The summed E-state index contributed by atoms with van der Waals surface area (Å²) < 4.78 is 0. The molecule has 0 bridgehead atoms. The van der Waals surface area contributed by atoms with Gasteiger partial charge in [-0.15, -0.1) is 12.4 Å². The topological polar surface area (TPSA) is 135 Å². The van der Waals surface area contributed by atoms with E-state index in [2.05, 4.69) is 20.6 Å². The molecule has 0 aliphatic heterocycles. The summed E-state index contributed by atoms with van der Waals surface area (Å²) in [7, 11) is 1.56. The zero-order chi connectivity index (χ0) is 18.4. The predicted molar refractivity (Wildman–Crippen MR) is 106 cm³/mol. The second-order valence-corrected chi connectivity index (χ2v) is 6.26. The third-order valence-electron chi connectivity index (χ3n) is 3.26. The van der Waals surface area contributed by atoms with Crippen LogP contribution in [0.3, 0.4) is 0 Å². The van der Waals surface area contributed by atoms with Gasteiger partial charge >= 0.3 is 0 Å². The van der Waals surface area contributed by atoms with E-state index in [-0.39, 0.29) is 30.2 Å². The fourth-order valence-corrected chi connectivity index (χ4v) is 3.17. The van der Waals surface area contributed by atoms with Crippen LogP contribution < -0.4 is 22.1 Å². The summed E-state index contributed by atoms with van der Waals surface area (Å²) >= 11 is 1.16. The fourth-order valence-electron chi connectivity index (χ4n) is 2.17. The summed E-state index contributed by atoms with van der Waals surface area (Å²) in [5.41, 5.74) is 13.1. The average Bonchev–Trinajstić information content (AvgIpc) is 2.95. The minimum Gasteiger partial charge on any atom is -0.370 e. The lowest BCUT2D eigenvalue weighted by Crippen LogP contribution is -2.21. The van der Waals surface area contributed by atoms with Gasteiger partial charge in [-0.25, -0.2) is 9.98 Å². The van der Waals surface area contributed by atoms with Gasteiger partial charge < -0.3 is 22.1 Å². The van der Waals surface area contributed by atoms with Gasteiger partial charge in [0.15, 0.2) is 11.1 Å². The van der Waals surface area contributed by atoms with E-state index in [0.717, 1.165) is 16.9 Å². The molecule has 0 aliphatic carbocycles. The van der Waals surface area contributed by atoms with Crippen LogP contribution in [0.4, 0.5) is 10.8 Å². The number of aliphatic imine (C=N–C) groups is 1. The smallest absolute Gasteiger partial charge is 0.263 e. The maximum absolute atomic E-state index is 12.0. The maximum atomic E-state index is 12.0. The number of hydrogen-bond donors (Lipinski definition) is 4. The van der Waals surface area contributed by atoms with Crippen LogP contribution in [0.1, 0.15) is 27.9 Å². The third-order valence-corrected chi connectivity index (χ3v) is 4.27. The van der Waals surface area contributed by atoms with Crippen molar-refractivity contribution in [3.05, 3.63) is 40.4 Å². The zero-order valence-electron chi connectivity index (χ0n) is 14.4. The molecule has 0 saturated heterocycles. The summed E-state index contributed by atoms with van der Waals surface area (Å²) in [6.07, 6.45) is 1.26. The molecule has 1 aromatic carbocycles. The molecule has 0 fully saturated rings. The standard InChI is InChI=1S/C16H20N6O2S.ClH/c1-9(23)20-16-22-12(13(25-16)14(24)19-2)8-5-10-3-6-11(7-4-10)21-15(17)18;/h3-4,6-7H,5,8H2,1-2H3,(H,19,24)(H4,17,18,21)(H,20,22,23);1H. The van der Waals surface area contributed by atoms with E-state index in [1.807, 2.05) is 24.3 Å². The van der Waals surface area contributed by atoms with Crippen LogP contribution in [-0.2, 0) is 17.6 Å². The first-order valence-electron chi connectivity index (χ1n) is 7.57. The first-order chi connectivity index (χ1) is 11.9. The summed E-state index contributed by atoms with van der Waals surface area (Å²) in [6, 6.07) is 7.47. The van der Waals surface area contributed by atoms with Crippen LogP contribution in [0.15, 0.2) is 29.3 Å². The zero-order valence-corrected chi connectivity index (χ0v) is 16.0. The van der Waals surface area contributed by atoms with Gasteiger partial charge in [-0.3, -0.25) is 9.59 Å². The number of nitrogens with two attached hydrogens (primary N) is 2. The fraction of sp³-hybridized carbons (Fsp3) is 0.250. The summed E-state index contributed by atoms with van der Waals surface area (Å²) in [5.74, 6) is -0.428. The molecule has 2 rings (SSSR count). The number of halogens is 1. The van der Waals surface area contributed by atoms with Crippen molar-refractivity contribution >= 4 is 52.3 Å². The molecule has 0 saturated carbocycles. The molecule has 8 nitrogen and oxygen atoms in total. The number of amides is 2. The molecule has 0 aliphatic rings. The highest BCUT2D eigenvalue weighted by molar-refractivity contribution is 7.17. The van der Waals surface area contributed by atoms with Gasteiger partial charge in [0.1, 0.15) is 4.88 Å². The van der Waals surface area contributed by atoms with Gasteiger partial charge in [-0.05, 0) is 30.5 Å². The van der Waals surface area contributed by atoms with Crippen molar-refractivity contribution in [3.8, 4) is 0 Å². The minimum atomic E-state index is -0.223. The number of guanidine groups is 1. The Labute approximate surface area is 161 Å². The molecular formula is C16H21ClN6O2S. The molecule has 2 aromatic rings. The van der Waals surface area contributed by atoms with Crippen LogP contribution in [0.2, 0.25) is 0 Å². The molecular weight excluding hydrogens is 376 g/mol. The third kappa shape index (κ3) is 6.01. The minimum absolute atomic E-state index is 0.